The molecule has 0 aliphatic carbocycles. The van der Waals surface area contributed by atoms with E-state index in [4.69, 9.17) is 27.8 Å². The molecule has 4 heterocycles. The average molecular weight is 711 g/mol. The predicted molar refractivity (Wildman–Crippen MR) is 181 cm³/mol. The van der Waals surface area contributed by atoms with E-state index in [-0.39, 0.29) is 36.1 Å². The van der Waals surface area contributed by atoms with Crippen molar-refractivity contribution in [3.05, 3.63) is 66.2 Å². The van der Waals surface area contributed by atoms with Crippen LogP contribution in [0.2, 0.25) is 36.3 Å². The van der Waals surface area contributed by atoms with Crippen molar-refractivity contribution in [2.75, 3.05) is 13.2 Å². The van der Waals surface area contributed by atoms with Gasteiger partial charge >= 0.3 is 17.5 Å². The number of aromatic nitrogens is 4. The summed E-state index contributed by atoms with van der Waals surface area (Å²) in [5, 5.41) is -0.186. The number of carbonyl (C=O) groups is 1. The van der Waals surface area contributed by atoms with Crippen molar-refractivity contribution in [2.45, 2.75) is 128 Å². The van der Waals surface area contributed by atoms with Gasteiger partial charge < -0.3 is 27.8 Å². The Hall–Kier alpha value is -3.10. The Bertz CT molecular complexity index is 1560. The summed E-state index contributed by atoms with van der Waals surface area (Å²) in [5.41, 5.74) is -2.40. The zero-order chi connectivity index (χ0) is 35.8. The summed E-state index contributed by atoms with van der Waals surface area (Å²) in [6.45, 7) is 21.2. The minimum absolute atomic E-state index is 0.0929. The summed E-state index contributed by atoms with van der Waals surface area (Å²) in [4.78, 5) is 66.3. The number of nitrogens with one attached hydrogen (secondary N) is 2. The lowest BCUT2D eigenvalue weighted by atomic mass is 10.2. The topological polar surface area (TPSA) is 182 Å². The van der Waals surface area contributed by atoms with E-state index in [1.165, 1.54) is 33.7 Å². The van der Waals surface area contributed by atoms with Crippen LogP contribution in [0.15, 0.2) is 43.7 Å². The number of nitrogens with zero attached hydrogens (tertiary/aromatic N) is 2. The molecule has 15 nitrogen and oxygen atoms in total. The van der Waals surface area contributed by atoms with Crippen molar-refractivity contribution in [3.63, 3.8) is 0 Å². The second kappa shape index (κ2) is 14.0. The van der Waals surface area contributed by atoms with Gasteiger partial charge in [0.15, 0.2) is 16.6 Å². The van der Waals surface area contributed by atoms with Crippen molar-refractivity contribution in [2.24, 2.45) is 0 Å². The summed E-state index contributed by atoms with van der Waals surface area (Å²) in [5.74, 6) is 0. The van der Waals surface area contributed by atoms with E-state index >= 15 is 0 Å². The van der Waals surface area contributed by atoms with Crippen LogP contribution in [-0.4, -0.2) is 79.5 Å². The molecule has 0 bridgehead atoms. The highest BCUT2D eigenvalue weighted by molar-refractivity contribution is 6.74. The van der Waals surface area contributed by atoms with Crippen LogP contribution in [0.3, 0.4) is 0 Å². The summed E-state index contributed by atoms with van der Waals surface area (Å²) in [6, 6.07) is 2.43. The van der Waals surface area contributed by atoms with Crippen LogP contribution in [0.1, 0.15) is 66.8 Å². The van der Waals surface area contributed by atoms with Gasteiger partial charge in [0.05, 0.1) is 13.2 Å². The molecule has 2 aromatic heterocycles. The van der Waals surface area contributed by atoms with Crippen molar-refractivity contribution < 1.29 is 32.6 Å². The van der Waals surface area contributed by atoms with E-state index in [0.717, 1.165) is 0 Å². The van der Waals surface area contributed by atoms with E-state index in [2.05, 4.69) is 77.7 Å². The number of hydrogen-bond acceptors (Lipinski definition) is 11. The maximum absolute atomic E-state index is 13.4. The zero-order valence-electron chi connectivity index (χ0n) is 29.5. The van der Waals surface area contributed by atoms with Gasteiger partial charge in [0.25, 0.3) is 11.1 Å². The molecule has 0 saturated carbocycles. The maximum Gasteiger partial charge on any atom is 0.509 e. The third kappa shape index (κ3) is 8.73. The Balaban J connectivity index is 1.53. The second-order valence-electron chi connectivity index (χ2n) is 15.5. The zero-order valence-corrected chi connectivity index (χ0v) is 31.5. The standard InChI is InChI=1S/C31H50N4O11Si2/c1-30(2,3)47(7,8)41-17-21-19(15-25(43-21)34-13-11-23(36)32-27(34)38)45-29(40)46-20-16-26(35-14-12-24(37)33-28(35)39)44-22(20)18-42-48(9,10)31(4,5)6/h11-14,19-22,25-26H,15-18H2,1-10H3,(H,32,36,38)(H,33,37,39)/t19-,20-,21-,22-,25-,26-/m1/s1. The van der Waals surface area contributed by atoms with E-state index < -0.39 is 82.2 Å². The lowest BCUT2D eigenvalue weighted by Crippen LogP contribution is -2.45. The van der Waals surface area contributed by atoms with E-state index in [1.54, 1.807) is 0 Å². The fraction of sp³-hybridized carbons (Fsp3) is 0.710. The molecule has 2 aromatic rings. The fourth-order valence-corrected chi connectivity index (χ4v) is 6.92. The average Bonchev–Trinajstić information content (AvgIpc) is 3.53. The smallest absolute Gasteiger partial charge is 0.428 e. The molecular weight excluding hydrogens is 661 g/mol. The molecule has 17 heteroatoms. The number of rotatable bonds is 10. The van der Waals surface area contributed by atoms with Gasteiger partial charge in [-0.2, -0.15) is 0 Å². The first-order valence-corrected chi connectivity index (χ1v) is 22.0. The Morgan fingerprint density at radius 2 is 1.08 bits per heavy atom. The van der Waals surface area contributed by atoms with Crippen LogP contribution in [0.25, 0.3) is 0 Å². The van der Waals surface area contributed by atoms with Gasteiger partial charge in [0, 0.05) is 37.4 Å². The monoisotopic (exact) mass is 710 g/mol. The molecule has 0 radical (unpaired) electrons. The van der Waals surface area contributed by atoms with Crippen molar-refractivity contribution >= 4 is 22.8 Å². The summed E-state index contributed by atoms with van der Waals surface area (Å²) in [7, 11) is -4.46. The lowest BCUT2D eigenvalue weighted by Gasteiger charge is -2.37. The Kier molecular flexibility index (Phi) is 11.0. The van der Waals surface area contributed by atoms with Crippen molar-refractivity contribution in [3.8, 4) is 0 Å². The molecule has 0 amide bonds. The number of hydrogen-bond donors (Lipinski definition) is 2. The Morgan fingerprint density at radius 1 is 0.729 bits per heavy atom. The van der Waals surface area contributed by atoms with Gasteiger partial charge in [-0.05, 0) is 36.3 Å². The molecule has 6 atom stereocenters. The van der Waals surface area contributed by atoms with Crippen LogP contribution < -0.4 is 22.5 Å². The van der Waals surface area contributed by atoms with Crippen LogP contribution in [0.5, 0.6) is 0 Å². The number of carbonyl (C=O) groups excluding carboxylic acids is 1. The summed E-state index contributed by atoms with van der Waals surface area (Å²) >= 11 is 0. The van der Waals surface area contributed by atoms with Crippen LogP contribution >= 0.6 is 0 Å². The van der Waals surface area contributed by atoms with Crippen LogP contribution in [-0.2, 0) is 27.8 Å². The number of H-pyrrole nitrogens is 2. The maximum atomic E-state index is 13.4. The first kappa shape index (κ1) is 37.7. The SMILES string of the molecule is CC(C)(C)[Si](C)(C)OC[C@H]1O[C@@H](n2ccc(=O)[nH]c2=O)C[C@H]1OC(=O)O[C@@H]1C[C@H](n2ccc(=O)[nH]c2=O)O[C@@H]1CO[Si](C)(C)C(C)(C)C. The highest BCUT2D eigenvalue weighted by Gasteiger charge is 2.46. The fourth-order valence-electron chi connectivity index (χ4n) is 4.89. The first-order chi connectivity index (χ1) is 22.1. The number of aromatic amines is 2. The summed E-state index contributed by atoms with van der Waals surface area (Å²) < 4.78 is 39.3. The van der Waals surface area contributed by atoms with Crippen LogP contribution in [0, 0.1) is 0 Å². The Morgan fingerprint density at radius 3 is 1.40 bits per heavy atom. The molecular formula is C31H50N4O11Si2. The highest BCUT2D eigenvalue weighted by Crippen LogP contribution is 2.40. The molecule has 0 unspecified atom stereocenters. The highest BCUT2D eigenvalue weighted by atomic mass is 28.4. The largest absolute Gasteiger partial charge is 0.509 e. The van der Waals surface area contributed by atoms with E-state index in [0.29, 0.717) is 0 Å². The van der Waals surface area contributed by atoms with Gasteiger partial charge in [0.2, 0.25) is 0 Å². The van der Waals surface area contributed by atoms with Crippen molar-refractivity contribution in [1.82, 2.24) is 19.1 Å². The number of ether oxygens (including phenoxy) is 4. The van der Waals surface area contributed by atoms with E-state index in [9.17, 15) is 24.0 Å². The Labute approximate surface area is 281 Å². The minimum atomic E-state index is -2.23. The van der Waals surface area contributed by atoms with Crippen LogP contribution in [0.4, 0.5) is 4.79 Å². The third-order valence-electron chi connectivity index (χ3n) is 10.0. The van der Waals surface area contributed by atoms with Crippen molar-refractivity contribution in [1.29, 1.82) is 0 Å². The van der Waals surface area contributed by atoms with Gasteiger partial charge in [-0.25, -0.2) is 14.4 Å². The normalized spacial score (nSPS) is 25.3. The molecule has 0 aromatic carbocycles. The first-order valence-electron chi connectivity index (χ1n) is 16.2. The summed E-state index contributed by atoms with van der Waals surface area (Å²) in [6.07, 6.45) is -2.98. The third-order valence-corrected chi connectivity index (χ3v) is 19.0. The van der Waals surface area contributed by atoms with Gasteiger partial charge in [0.1, 0.15) is 36.9 Å². The second-order valence-corrected chi connectivity index (χ2v) is 25.1. The van der Waals surface area contributed by atoms with Gasteiger partial charge in [-0.15, -0.1) is 0 Å². The van der Waals surface area contributed by atoms with E-state index in [1.807, 2.05) is 0 Å². The molecule has 2 saturated heterocycles. The van der Waals surface area contributed by atoms with Gasteiger partial charge in [-0.3, -0.25) is 28.7 Å². The molecule has 2 N–H and O–H groups in total. The molecule has 2 aliphatic rings. The molecule has 2 fully saturated rings. The molecule has 2 aliphatic heterocycles. The molecule has 0 spiro atoms. The predicted octanol–water partition coefficient (Wildman–Crippen LogP) is 3.60. The molecule has 4 rings (SSSR count). The minimum Gasteiger partial charge on any atom is -0.428 e. The molecule has 48 heavy (non-hydrogen) atoms. The quantitative estimate of drug-likeness (QED) is 0.272. The van der Waals surface area contributed by atoms with Gasteiger partial charge in [-0.1, -0.05) is 41.5 Å². The lowest BCUT2D eigenvalue weighted by molar-refractivity contribution is -0.0742. The molecule has 268 valence electrons.